The van der Waals surface area contributed by atoms with Crippen LogP contribution in [0.5, 0.6) is 0 Å². The van der Waals surface area contributed by atoms with Crippen LogP contribution in [0.25, 0.3) is 0 Å². The van der Waals surface area contributed by atoms with Gasteiger partial charge in [0.15, 0.2) is 0 Å². The average molecular weight is 248 g/mol. The van der Waals surface area contributed by atoms with Gasteiger partial charge in [0, 0.05) is 25.3 Å². The first kappa shape index (κ1) is 13.4. The Kier molecular flexibility index (Phi) is 4.25. The monoisotopic (exact) mass is 248 g/mol. The van der Waals surface area contributed by atoms with E-state index >= 15 is 0 Å². The molecule has 2 N–H and O–H groups in total. The first-order chi connectivity index (χ1) is 8.60. The molecule has 1 aliphatic heterocycles. The van der Waals surface area contributed by atoms with Crippen molar-refractivity contribution in [3.05, 3.63) is 29.8 Å². The molecule has 1 aromatic rings. The van der Waals surface area contributed by atoms with E-state index in [9.17, 15) is 0 Å². The Morgan fingerprint density at radius 1 is 1.28 bits per heavy atom. The Labute approximate surface area is 110 Å². The highest BCUT2D eigenvalue weighted by atomic mass is 16.5. The van der Waals surface area contributed by atoms with Gasteiger partial charge in [-0.15, -0.1) is 0 Å². The van der Waals surface area contributed by atoms with Crippen LogP contribution < -0.4 is 10.6 Å². The van der Waals surface area contributed by atoms with Crippen LogP contribution in [0.15, 0.2) is 24.3 Å². The number of nitrogens with two attached hydrogens (primary N) is 1. The molecule has 0 radical (unpaired) electrons. The lowest BCUT2D eigenvalue weighted by Gasteiger charge is -2.37. The van der Waals surface area contributed by atoms with Crippen molar-refractivity contribution in [2.75, 3.05) is 24.5 Å². The maximum atomic E-state index is 5.78. The summed E-state index contributed by atoms with van der Waals surface area (Å²) in [5.41, 5.74) is 8.37. The second-order valence-corrected chi connectivity index (χ2v) is 5.46. The molecule has 2 rings (SSSR count). The number of ether oxygens (including phenoxy) is 1. The molecule has 0 amide bonds. The zero-order chi connectivity index (χ0) is 13.1. The van der Waals surface area contributed by atoms with E-state index in [1.54, 1.807) is 0 Å². The summed E-state index contributed by atoms with van der Waals surface area (Å²) in [7, 11) is 0. The molecule has 2 unspecified atom stereocenters. The number of hydrogen-bond acceptors (Lipinski definition) is 3. The SMILES string of the molecule is CC1CN(c2ccc(C(C)C)cc2)CC(CN)O1. The molecule has 1 aliphatic rings. The van der Waals surface area contributed by atoms with Gasteiger partial charge in [0.25, 0.3) is 0 Å². The summed E-state index contributed by atoms with van der Waals surface area (Å²) in [6.45, 7) is 8.97. The van der Waals surface area contributed by atoms with E-state index in [1.165, 1.54) is 11.3 Å². The fourth-order valence-electron chi connectivity index (χ4n) is 2.46. The fourth-order valence-corrected chi connectivity index (χ4v) is 2.46. The molecule has 0 aromatic heterocycles. The molecular weight excluding hydrogens is 224 g/mol. The minimum Gasteiger partial charge on any atom is -0.370 e. The third-order valence-corrected chi connectivity index (χ3v) is 3.51. The normalized spacial score (nSPS) is 24.6. The molecule has 18 heavy (non-hydrogen) atoms. The van der Waals surface area contributed by atoms with Crippen molar-refractivity contribution >= 4 is 5.69 Å². The molecule has 1 saturated heterocycles. The molecule has 2 atom stereocenters. The first-order valence-corrected chi connectivity index (χ1v) is 6.80. The van der Waals surface area contributed by atoms with E-state index in [1.807, 2.05) is 0 Å². The van der Waals surface area contributed by atoms with Crippen LogP contribution >= 0.6 is 0 Å². The van der Waals surface area contributed by atoms with Gasteiger partial charge in [-0.3, -0.25) is 0 Å². The number of anilines is 1. The maximum absolute atomic E-state index is 5.78. The van der Waals surface area contributed by atoms with Crippen molar-refractivity contribution in [2.24, 2.45) is 5.73 Å². The highest BCUT2D eigenvalue weighted by molar-refractivity contribution is 5.48. The number of rotatable bonds is 3. The molecule has 0 aliphatic carbocycles. The van der Waals surface area contributed by atoms with Crippen LogP contribution in [-0.4, -0.2) is 31.8 Å². The van der Waals surface area contributed by atoms with E-state index in [4.69, 9.17) is 10.5 Å². The van der Waals surface area contributed by atoms with Gasteiger partial charge >= 0.3 is 0 Å². The lowest BCUT2D eigenvalue weighted by molar-refractivity contribution is -0.0104. The van der Waals surface area contributed by atoms with Crippen molar-refractivity contribution in [3.63, 3.8) is 0 Å². The van der Waals surface area contributed by atoms with Crippen LogP contribution in [-0.2, 0) is 4.74 Å². The fraction of sp³-hybridized carbons (Fsp3) is 0.600. The summed E-state index contributed by atoms with van der Waals surface area (Å²) in [5.74, 6) is 0.583. The molecule has 3 nitrogen and oxygen atoms in total. The molecule has 0 spiro atoms. The molecule has 1 fully saturated rings. The summed E-state index contributed by atoms with van der Waals surface area (Å²) in [6, 6.07) is 8.86. The highest BCUT2D eigenvalue weighted by Crippen LogP contribution is 2.23. The molecule has 100 valence electrons. The Morgan fingerprint density at radius 2 is 1.94 bits per heavy atom. The third kappa shape index (κ3) is 3.03. The summed E-state index contributed by atoms with van der Waals surface area (Å²) in [4.78, 5) is 2.37. The Bertz CT molecular complexity index is 375. The number of benzene rings is 1. The molecule has 0 saturated carbocycles. The predicted molar refractivity (Wildman–Crippen MR) is 76.1 cm³/mol. The van der Waals surface area contributed by atoms with Crippen molar-refractivity contribution in [2.45, 2.75) is 38.9 Å². The highest BCUT2D eigenvalue weighted by Gasteiger charge is 2.24. The zero-order valence-corrected chi connectivity index (χ0v) is 11.6. The Balaban J connectivity index is 2.10. The van der Waals surface area contributed by atoms with E-state index < -0.39 is 0 Å². The standard InChI is InChI=1S/C15H24N2O/c1-11(2)13-4-6-14(7-5-13)17-9-12(3)18-15(8-16)10-17/h4-7,11-12,15H,8-10,16H2,1-3H3. The summed E-state index contributed by atoms with van der Waals surface area (Å²) < 4.78 is 5.78. The Hall–Kier alpha value is -1.06. The van der Waals surface area contributed by atoms with Gasteiger partial charge in [-0.25, -0.2) is 0 Å². The van der Waals surface area contributed by atoms with Crippen molar-refractivity contribution in [1.82, 2.24) is 0 Å². The van der Waals surface area contributed by atoms with Crippen LogP contribution in [0.2, 0.25) is 0 Å². The quantitative estimate of drug-likeness (QED) is 0.892. The van der Waals surface area contributed by atoms with Crippen LogP contribution in [0.3, 0.4) is 0 Å². The topological polar surface area (TPSA) is 38.5 Å². The summed E-state index contributed by atoms with van der Waals surface area (Å²) in [5, 5.41) is 0. The second kappa shape index (κ2) is 5.72. The summed E-state index contributed by atoms with van der Waals surface area (Å²) >= 11 is 0. The van der Waals surface area contributed by atoms with Gasteiger partial charge in [-0.05, 0) is 30.5 Å². The van der Waals surface area contributed by atoms with Crippen molar-refractivity contribution in [3.8, 4) is 0 Å². The van der Waals surface area contributed by atoms with Crippen molar-refractivity contribution < 1.29 is 4.74 Å². The first-order valence-electron chi connectivity index (χ1n) is 6.80. The Morgan fingerprint density at radius 3 is 2.50 bits per heavy atom. The van der Waals surface area contributed by atoms with Gasteiger partial charge < -0.3 is 15.4 Å². The van der Waals surface area contributed by atoms with Gasteiger partial charge in [0.1, 0.15) is 0 Å². The summed E-state index contributed by atoms with van der Waals surface area (Å²) in [6.07, 6.45) is 0.399. The van der Waals surface area contributed by atoms with Crippen LogP contribution in [0.1, 0.15) is 32.3 Å². The van der Waals surface area contributed by atoms with Crippen molar-refractivity contribution in [1.29, 1.82) is 0 Å². The largest absolute Gasteiger partial charge is 0.370 e. The number of hydrogen-bond donors (Lipinski definition) is 1. The average Bonchev–Trinajstić information content (AvgIpc) is 2.38. The lowest BCUT2D eigenvalue weighted by Crippen LogP contribution is -2.49. The van der Waals surface area contributed by atoms with E-state index in [-0.39, 0.29) is 12.2 Å². The minimum absolute atomic E-state index is 0.151. The number of nitrogens with zero attached hydrogens (tertiary/aromatic N) is 1. The minimum atomic E-state index is 0.151. The van der Waals surface area contributed by atoms with Gasteiger partial charge in [0.05, 0.1) is 12.2 Å². The van der Waals surface area contributed by atoms with Gasteiger partial charge in [-0.2, -0.15) is 0 Å². The molecule has 3 heteroatoms. The van der Waals surface area contributed by atoms with E-state index in [0.717, 1.165) is 13.1 Å². The van der Waals surface area contributed by atoms with Gasteiger partial charge in [-0.1, -0.05) is 26.0 Å². The molecular formula is C15H24N2O. The van der Waals surface area contributed by atoms with Crippen LogP contribution in [0, 0.1) is 0 Å². The lowest BCUT2D eigenvalue weighted by atomic mass is 10.0. The maximum Gasteiger partial charge on any atom is 0.0876 e. The molecule has 1 heterocycles. The zero-order valence-electron chi connectivity index (χ0n) is 11.6. The third-order valence-electron chi connectivity index (χ3n) is 3.51. The van der Waals surface area contributed by atoms with E-state index in [0.29, 0.717) is 12.5 Å². The van der Waals surface area contributed by atoms with E-state index in [2.05, 4.69) is 49.9 Å². The molecule has 0 bridgehead atoms. The number of morpholine rings is 1. The van der Waals surface area contributed by atoms with Crippen LogP contribution in [0.4, 0.5) is 5.69 Å². The molecule has 1 aromatic carbocycles. The smallest absolute Gasteiger partial charge is 0.0876 e. The second-order valence-electron chi connectivity index (χ2n) is 5.46. The predicted octanol–water partition coefficient (Wildman–Crippen LogP) is 2.36. The van der Waals surface area contributed by atoms with Gasteiger partial charge in [0.2, 0.25) is 0 Å².